The topological polar surface area (TPSA) is 41.6 Å². The van der Waals surface area contributed by atoms with Gasteiger partial charge in [-0.05, 0) is 32.2 Å². The summed E-state index contributed by atoms with van der Waals surface area (Å²) in [5.41, 5.74) is 0. The lowest BCUT2D eigenvalue weighted by Gasteiger charge is -2.38. The van der Waals surface area contributed by atoms with Gasteiger partial charge >= 0.3 is 5.97 Å². The van der Waals surface area contributed by atoms with Gasteiger partial charge in [-0.1, -0.05) is 13.8 Å². The lowest BCUT2D eigenvalue weighted by molar-refractivity contribution is -0.145. The van der Waals surface area contributed by atoms with E-state index in [0.717, 1.165) is 13.1 Å². The molecule has 0 radical (unpaired) electrons. The van der Waals surface area contributed by atoms with Crippen molar-refractivity contribution in [2.75, 3.05) is 33.3 Å². The monoisotopic (exact) mass is 242 g/mol. The number of esters is 1. The second-order valence-electron chi connectivity index (χ2n) is 5.22. The van der Waals surface area contributed by atoms with E-state index in [-0.39, 0.29) is 5.97 Å². The Hall–Kier alpha value is -0.610. The maximum atomic E-state index is 11.5. The molecular weight excluding hydrogens is 216 g/mol. The molecule has 1 fully saturated rings. The summed E-state index contributed by atoms with van der Waals surface area (Å²) < 4.78 is 5.01. The minimum atomic E-state index is -0.105. The van der Waals surface area contributed by atoms with Crippen LogP contribution in [0.4, 0.5) is 0 Å². The fourth-order valence-electron chi connectivity index (χ4n) is 2.44. The zero-order valence-corrected chi connectivity index (χ0v) is 11.5. The molecule has 0 amide bonds. The van der Waals surface area contributed by atoms with E-state index in [0.29, 0.717) is 31.0 Å². The maximum Gasteiger partial charge on any atom is 0.320 e. The fraction of sp³-hybridized carbons (Fsp3) is 0.923. The highest BCUT2D eigenvalue weighted by Crippen LogP contribution is 2.23. The number of carbonyl (C=O) groups excluding carboxylic acids is 1. The predicted molar refractivity (Wildman–Crippen MR) is 68.9 cm³/mol. The van der Waals surface area contributed by atoms with Crippen molar-refractivity contribution >= 4 is 5.97 Å². The van der Waals surface area contributed by atoms with E-state index >= 15 is 0 Å². The number of nitrogens with zero attached hydrogens (tertiary/aromatic N) is 1. The van der Waals surface area contributed by atoms with Gasteiger partial charge < -0.3 is 10.1 Å². The third-order valence-corrected chi connectivity index (χ3v) is 3.57. The van der Waals surface area contributed by atoms with Gasteiger partial charge in [-0.2, -0.15) is 0 Å². The Morgan fingerprint density at radius 3 is 2.71 bits per heavy atom. The Bertz CT molecular complexity index is 244. The molecule has 4 nitrogen and oxygen atoms in total. The molecule has 0 aromatic rings. The summed E-state index contributed by atoms with van der Waals surface area (Å²) in [4.78, 5) is 13.7. The van der Waals surface area contributed by atoms with E-state index in [1.807, 2.05) is 14.0 Å². The van der Waals surface area contributed by atoms with Crippen LogP contribution in [0.15, 0.2) is 0 Å². The average molecular weight is 242 g/mol. The van der Waals surface area contributed by atoms with Crippen molar-refractivity contribution in [3.63, 3.8) is 0 Å². The highest BCUT2D eigenvalue weighted by atomic mass is 16.5. The fourth-order valence-corrected chi connectivity index (χ4v) is 2.44. The van der Waals surface area contributed by atoms with E-state index in [4.69, 9.17) is 4.74 Å². The molecule has 1 aliphatic rings. The van der Waals surface area contributed by atoms with Gasteiger partial charge in [0.15, 0.2) is 0 Å². The highest BCUT2D eigenvalue weighted by Gasteiger charge is 2.29. The third-order valence-electron chi connectivity index (χ3n) is 3.57. The zero-order valence-electron chi connectivity index (χ0n) is 11.5. The Morgan fingerprint density at radius 2 is 2.18 bits per heavy atom. The van der Waals surface area contributed by atoms with Gasteiger partial charge in [0.05, 0.1) is 13.2 Å². The number of hydrogen-bond acceptors (Lipinski definition) is 4. The molecule has 0 spiro atoms. The molecule has 1 N–H and O–H groups in total. The van der Waals surface area contributed by atoms with E-state index < -0.39 is 0 Å². The number of ether oxygens (including phenoxy) is 1. The lowest BCUT2D eigenvalue weighted by Crippen LogP contribution is -2.50. The molecule has 0 bridgehead atoms. The van der Waals surface area contributed by atoms with Crippen LogP contribution in [-0.4, -0.2) is 50.2 Å². The Morgan fingerprint density at radius 1 is 1.47 bits per heavy atom. The van der Waals surface area contributed by atoms with Crippen LogP contribution in [0.5, 0.6) is 0 Å². The summed E-state index contributed by atoms with van der Waals surface area (Å²) in [6, 6.07) is 0.491. The summed E-state index contributed by atoms with van der Waals surface area (Å²) in [6.45, 7) is 9.20. The van der Waals surface area contributed by atoms with Gasteiger partial charge in [0.1, 0.15) is 0 Å². The number of carbonyl (C=O) groups is 1. The Balaban J connectivity index is 2.50. The highest BCUT2D eigenvalue weighted by molar-refractivity contribution is 5.71. The summed E-state index contributed by atoms with van der Waals surface area (Å²) in [7, 11) is 2.00. The van der Waals surface area contributed by atoms with Gasteiger partial charge in [-0.15, -0.1) is 0 Å². The molecule has 0 aromatic heterocycles. The molecule has 1 aliphatic heterocycles. The van der Waals surface area contributed by atoms with Crippen molar-refractivity contribution in [2.24, 2.45) is 11.8 Å². The molecule has 2 atom stereocenters. The second kappa shape index (κ2) is 6.97. The smallest absolute Gasteiger partial charge is 0.320 e. The third kappa shape index (κ3) is 4.64. The summed E-state index contributed by atoms with van der Waals surface area (Å²) in [5.74, 6) is 1.22. The number of hydrogen-bond donors (Lipinski definition) is 1. The van der Waals surface area contributed by atoms with Crippen LogP contribution in [0.25, 0.3) is 0 Å². The summed E-state index contributed by atoms with van der Waals surface area (Å²) in [6.07, 6.45) is 1.20. The molecule has 1 heterocycles. The van der Waals surface area contributed by atoms with Gasteiger partial charge in [-0.25, -0.2) is 0 Å². The molecule has 0 aromatic carbocycles. The first-order valence-electron chi connectivity index (χ1n) is 6.62. The predicted octanol–water partition coefficient (Wildman–Crippen LogP) is 1.12. The van der Waals surface area contributed by atoms with Crippen molar-refractivity contribution in [3.8, 4) is 0 Å². The standard InChI is InChI=1S/C13H26N2O2/c1-5-17-13(16)9-15-7-11(10(2)3)6-12(8-15)14-4/h10-12,14H,5-9H2,1-4H3. The van der Waals surface area contributed by atoms with Crippen molar-refractivity contribution in [1.82, 2.24) is 10.2 Å². The number of nitrogens with one attached hydrogen (secondary N) is 1. The van der Waals surface area contributed by atoms with Crippen LogP contribution in [0.2, 0.25) is 0 Å². The SMILES string of the molecule is CCOC(=O)CN1CC(NC)CC(C(C)C)C1. The molecule has 1 saturated heterocycles. The van der Waals surface area contributed by atoms with Gasteiger partial charge in [0.2, 0.25) is 0 Å². The van der Waals surface area contributed by atoms with Crippen LogP contribution in [0.3, 0.4) is 0 Å². The number of likely N-dealkylation sites (tertiary alicyclic amines) is 1. The van der Waals surface area contributed by atoms with Gasteiger partial charge in [0, 0.05) is 19.1 Å². The minimum absolute atomic E-state index is 0.105. The van der Waals surface area contributed by atoms with Crippen LogP contribution < -0.4 is 5.32 Å². The number of likely N-dealkylation sites (N-methyl/N-ethyl adjacent to an activating group) is 1. The lowest BCUT2D eigenvalue weighted by atomic mass is 9.85. The quantitative estimate of drug-likeness (QED) is 0.734. The molecule has 0 aliphatic carbocycles. The molecular formula is C13H26N2O2. The van der Waals surface area contributed by atoms with Crippen molar-refractivity contribution < 1.29 is 9.53 Å². The van der Waals surface area contributed by atoms with E-state index in [1.54, 1.807) is 0 Å². The first-order valence-corrected chi connectivity index (χ1v) is 6.62. The van der Waals surface area contributed by atoms with E-state index in [1.165, 1.54) is 6.42 Å². The van der Waals surface area contributed by atoms with Crippen LogP contribution >= 0.6 is 0 Å². The largest absolute Gasteiger partial charge is 0.465 e. The number of rotatable bonds is 5. The number of piperidine rings is 1. The molecule has 4 heteroatoms. The molecule has 0 saturated carbocycles. The van der Waals surface area contributed by atoms with Crippen molar-refractivity contribution in [2.45, 2.75) is 33.2 Å². The average Bonchev–Trinajstić information content (AvgIpc) is 2.28. The van der Waals surface area contributed by atoms with E-state index in [9.17, 15) is 4.79 Å². The molecule has 100 valence electrons. The van der Waals surface area contributed by atoms with Gasteiger partial charge in [0.25, 0.3) is 0 Å². The van der Waals surface area contributed by atoms with Crippen LogP contribution in [0.1, 0.15) is 27.2 Å². The van der Waals surface area contributed by atoms with E-state index in [2.05, 4.69) is 24.1 Å². The second-order valence-corrected chi connectivity index (χ2v) is 5.22. The molecule has 17 heavy (non-hydrogen) atoms. The summed E-state index contributed by atoms with van der Waals surface area (Å²) >= 11 is 0. The van der Waals surface area contributed by atoms with Crippen LogP contribution in [-0.2, 0) is 9.53 Å². The molecule has 1 rings (SSSR count). The normalized spacial score (nSPS) is 26.2. The Kier molecular flexibility index (Phi) is 5.92. The van der Waals surface area contributed by atoms with Crippen LogP contribution in [0, 0.1) is 11.8 Å². The maximum absolute atomic E-state index is 11.5. The minimum Gasteiger partial charge on any atom is -0.465 e. The first kappa shape index (κ1) is 14.5. The first-order chi connectivity index (χ1) is 8.06. The summed E-state index contributed by atoms with van der Waals surface area (Å²) in [5, 5.41) is 3.33. The van der Waals surface area contributed by atoms with Crippen molar-refractivity contribution in [3.05, 3.63) is 0 Å². The molecule has 2 unspecified atom stereocenters. The van der Waals surface area contributed by atoms with Crippen molar-refractivity contribution in [1.29, 1.82) is 0 Å². The van der Waals surface area contributed by atoms with Gasteiger partial charge in [-0.3, -0.25) is 9.69 Å². The zero-order chi connectivity index (χ0) is 12.8. The Labute approximate surface area is 105 Å².